The Balaban J connectivity index is 0.903. The third kappa shape index (κ3) is 6.49. The van der Waals surface area contributed by atoms with Crippen molar-refractivity contribution in [2.24, 2.45) is 0 Å². The average molecular weight is 836 g/mol. The predicted octanol–water partition coefficient (Wildman–Crippen LogP) is 16.1. The second-order valence-corrected chi connectivity index (χ2v) is 18.1. The maximum atomic E-state index is 4.91. The van der Waals surface area contributed by atoms with Gasteiger partial charge in [-0.3, -0.25) is 4.98 Å². The van der Waals surface area contributed by atoms with Gasteiger partial charge in [0.2, 0.25) is 0 Å². The quantitative estimate of drug-likeness (QED) is 0.153. The Morgan fingerprint density at radius 3 is 1.46 bits per heavy atom. The molecule has 0 fully saturated rings. The minimum absolute atomic E-state index is 1.03. The highest BCUT2D eigenvalue weighted by Gasteiger charge is 2.18. The SMILES string of the molecule is c1ccc(N(c2ccc(-c3nc4ccccc4s3)cc2)c2ccc3cc4c(cc3c2)sc2cc(N(c3ccncc3)c3ccc(-c5nc6ccccc6s5)cc3)ccc24)cc1. The first kappa shape index (κ1) is 35.7. The first-order chi connectivity index (χ1) is 30.2. The van der Waals surface area contributed by atoms with Gasteiger partial charge in [-0.05, 0) is 144 Å². The van der Waals surface area contributed by atoms with Gasteiger partial charge in [-0.1, -0.05) is 54.6 Å². The molecule has 0 atom stereocenters. The second-order valence-electron chi connectivity index (χ2n) is 14.9. The van der Waals surface area contributed by atoms with Crippen molar-refractivity contribution in [3.8, 4) is 21.1 Å². The maximum absolute atomic E-state index is 4.91. The summed E-state index contributed by atoms with van der Waals surface area (Å²) in [5, 5.41) is 7.01. The van der Waals surface area contributed by atoms with Gasteiger partial charge in [0.05, 0.1) is 20.4 Å². The van der Waals surface area contributed by atoms with Crippen molar-refractivity contribution in [3.63, 3.8) is 0 Å². The molecular formula is C53H33N5S3. The summed E-state index contributed by atoms with van der Waals surface area (Å²) in [6, 6.07) is 67.3. The molecule has 0 amide bonds. The number of hydrogen-bond acceptors (Lipinski definition) is 8. The topological polar surface area (TPSA) is 45.2 Å². The van der Waals surface area contributed by atoms with Crippen molar-refractivity contribution < 1.29 is 0 Å². The van der Waals surface area contributed by atoms with Gasteiger partial charge in [0.1, 0.15) is 10.0 Å². The molecule has 12 aromatic rings. The van der Waals surface area contributed by atoms with E-state index in [1.807, 2.05) is 35.9 Å². The molecule has 4 aromatic heterocycles. The van der Waals surface area contributed by atoms with Gasteiger partial charge in [-0.25, -0.2) is 9.97 Å². The molecule has 0 saturated heterocycles. The van der Waals surface area contributed by atoms with E-state index in [1.54, 1.807) is 22.7 Å². The van der Waals surface area contributed by atoms with Gasteiger partial charge in [0.15, 0.2) is 0 Å². The van der Waals surface area contributed by atoms with E-state index in [2.05, 4.69) is 191 Å². The van der Waals surface area contributed by atoms with E-state index in [4.69, 9.17) is 9.97 Å². The molecule has 288 valence electrons. The molecule has 0 aliphatic heterocycles. The summed E-state index contributed by atoms with van der Waals surface area (Å²) in [6.07, 6.45) is 3.71. The molecule has 0 spiro atoms. The molecule has 4 heterocycles. The average Bonchev–Trinajstić information content (AvgIpc) is 4.05. The summed E-state index contributed by atoms with van der Waals surface area (Å²) in [5.74, 6) is 0. The van der Waals surface area contributed by atoms with Crippen LogP contribution in [0.15, 0.2) is 200 Å². The summed E-state index contributed by atoms with van der Waals surface area (Å²) in [5.41, 5.74) is 10.8. The highest BCUT2D eigenvalue weighted by molar-refractivity contribution is 7.26. The zero-order valence-corrected chi connectivity index (χ0v) is 35.0. The number of para-hydroxylation sites is 3. The van der Waals surface area contributed by atoms with Crippen LogP contribution in [0.2, 0.25) is 0 Å². The van der Waals surface area contributed by atoms with Gasteiger partial charge in [0, 0.05) is 77.8 Å². The number of thiazole rings is 2. The third-order valence-electron chi connectivity index (χ3n) is 11.2. The molecule has 8 aromatic carbocycles. The Bertz CT molecular complexity index is 3310. The minimum atomic E-state index is 1.03. The van der Waals surface area contributed by atoms with Gasteiger partial charge < -0.3 is 9.80 Å². The van der Waals surface area contributed by atoms with Gasteiger partial charge in [0.25, 0.3) is 0 Å². The lowest BCUT2D eigenvalue weighted by atomic mass is 10.0. The molecule has 0 unspecified atom stereocenters. The van der Waals surface area contributed by atoms with Crippen LogP contribution in [0.1, 0.15) is 0 Å². The molecule has 0 aliphatic carbocycles. The number of pyridine rings is 1. The number of hydrogen-bond donors (Lipinski definition) is 0. The fourth-order valence-electron chi connectivity index (χ4n) is 8.24. The van der Waals surface area contributed by atoms with E-state index < -0.39 is 0 Å². The van der Waals surface area contributed by atoms with Crippen LogP contribution in [0.5, 0.6) is 0 Å². The number of benzene rings is 8. The Hall–Kier alpha value is -7.23. The van der Waals surface area contributed by atoms with E-state index in [0.717, 1.165) is 66.3 Å². The van der Waals surface area contributed by atoms with E-state index in [-0.39, 0.29) is 0 Å². The van der Waals surface area contributed by atoms with Crippen LogP contribution in [-0.2, 0) is 0 Å². The Labute approximate surface area is 363 Å². The maximum Gasteiger partial charge on any atom is 0.124 e. The fourth-order valence-corrected chi connectivity index (χ4v) is 11.3. The van der Waals surface area contributed by atoms with Crippen LogP contribution >= 0.6 is 34.0 Å². The van der Waals surface area contributed by atoms with Crippen LogP contribution < -0.4 is 9.80 Å². The number of rotatable bonds is 8. The highest BCUT2D eigenvalue weighted by Crippen LogP contribution is 2.44. The van der Waals surface area contributed by atoms with Crippen molar-refractivity contribution in [1.29, 1.82) is 0 Å². The number of anilines is 6. The molecule has 0 radical (unpaired) electrons. The molecule has 0 bridgehead atoms. The summed E-state index contributed by atoms with van der Waals surface area (Å²) >= 11 is 5.30. The first-order valence-corrected chi connectivity index (χ1v) is 22.5. The number of aromatic nitrogens is 3. The van der Waals surface area contributed by atoms with Crippen LogP contribution in [0.4, 0.5) is 34.1 Å². The van der Waals surface area contributed by atoms with E-state index in [1.165, 1.54) is 40.3 Å². The Morgan fingerprint density at radius 2 is 0.836 bits per heavy atom. The van der Waals surface area contributed by atoms with E-state index >= 15 is 0 Å². The van der Waals surface area contributed by atoms with Crippen LogP contribution in [0.3, 0.4) is 0 Å². The van der Waals surface area contributed by atoms with Gasteiger partial charge >= 0.3 is 0 Å². The summed E-state index contributed by atoms with van der Waals surface area (Å²) in [4.78, 5) is 18.8. The van der Waals surface area contributed by atoms with Crippen molar-refractivity contribution in [2.75, 3.05) is 9.80 Å². The van der Waals surface area contributed by atoms with Crippen LogP contribution in [-0.4, -0.2) is 15.0 Å². The lowest BCUT2D eigenvalue weighted by molar-refractivity contribution is 1.25. The summed E-state index contributed by atoms with van der Waals surface area (Å²) in [6.45, 7) is 0. The largest absolute Gasteiger partial charge is 0.310 e. The number of nitrogens with zero attached hydrogens (tertiary/aromatic N) is 5. The Morgan fingerprint density at radius 1 is 0.328 bits per heavy atom. The zero-order chi connectivity index (χ0) is 40.3. The molecule has 12 rings (SSSR count). The standard InChI is InChI=1S/C53H33N5S3/c1-2-8-38(9-3-1)57(39-19-14-34(15-20-39)52-55-46-10-4-6-12-48(46)60-52)42-23-18-36-31-45-44-25-24-43(33-51(44)59-50(45)32-37(36)30-42)58(41-26-28-54-29-27-41)40-21-16-35(17-22-40)53-56-47-11-5-7-13-49(47)61-53/h1-33H. The molecule has 61 heavy (non-hydrogen) atoms. The van der Waals surface area contributed by atoms with Crippen LogP contribution in [0.25, 0.3) is 72.5 Å². The molecule has 0 aliphatic rings. The Kier molecular flexibility index (Phi) is 8.66. The monoisotopic (exact) mass is 835 g/mol. The predicted molar refractivity (Wildman–Crippen MR) is 261 cm³/mol. The normalized spacial score (nSPS) is 11.6. The summed E-state index contributed by atoms with van der Waals surface area (Å²) < 4.78 is 4.90. The number of fused-ring (bicyclic) bond motifs is 6. The van der Waals surface area contributed by atoms with Gasteiger partial charge in [-0.2, -0.15) is 0 Å². The summed E-state index contributed by atoms with van der Waals surface area (Å²) in [7, 11) is 0. The first-order valence-electron chi connectivity index (χ1n) is 20.1. The highest BCUT2D eigenvalue weighted by atomic mass is 32.1. The molecule has 0 N–H and O–H groups in total. The molecule has 8 heteroatoms. The number of thiophene rings is 1. The third-order valence-corrected chi connectivity index (χ3v) is 14.5. The smallest absolute Gasteiger partial charge is 0.124 e. The van der Waals surface area contributed by atoms with E-state index in [0.29, 0.717) is 0 Å². The van der Waals surface area contributed by atoms with Crippen molar-refractivity contribution >= 4 is 120 Å². The van der Waals surface area contributed by atoms with Crippen molar-refractivity contribution in [1.82, 2.24) is 15.0 Å². The van der Waals surface area contributed by atoms with Crippen molar-refractivity contribution in [2.45, 2.75) is 0 Å². The van der Waals surface area contributed by atoms with Crippen LogP contribution in [0, 0.1) is 0 Å². The zero-order valence-electron chi connectivity index (χ0n) is 32.5. The molecule has 5 nitrogen and oxygen atoms in total. The lowest BCUT2D eigenvalue weighted by Crippen LogP contribution is -2.09. The van der Waals surface area contributed by atoms with E-state index in [9.17, 15) is 0 Å². The van der Waals surface area contributed by atoms with Crippen molar-refractivity contribution in [3.05, 3.63) is 200 Å². The minimum Gasteiger partial charge on any atom is -0.310 e. The molecular weight excluding hydrogens is 803 g/mol. The van der Waals surface area contributed by atoms with Gasteiger partial charge in [-0.15, -0.1) is 34.0 Å². The fraction of sp³-hybridized carbons (Fsp3) is 0. The molecule has 0 saturated carbocycles. The second kappa shape index (κ2) is 14.8. The lowest BCUT2D eigenvalue weighted by Gasteiger charge is -2.26.